The van der Waals surface area contributed by atoms with Gasteiger partial charge < -0.3 is 14.7 Å². The number of hydrazone groups is 1. The van der Waals surface area contributed by atoms with Gasteiger partial charge >= 0.3 is 0 Å². The zero-order valence-electron chi connectivity index (χ0n) is 16.1. The van der Waals surface area contributed by atoms with Gasteiger partial charge in [-0.2, -0.15) is 5.10 Å². The topological polar surface area (TPSA) is 49.5 Å². The van der Waals surface area contributed by atoms with Gasteiger partial charge in [0.15, 0.2) is 11.5 Å². The van der Waals surface area contributed by atoms with Gasteiger partial charge in [-0.3, -0.25) is 5.01 Å². The molecule has 0 bridgehead atoms. The number of nitrogens with one attached hydrogen (secondary N) is 1. The number of ether oxygens (including phenoxy) is 1. The molecule has 1 aliphatic rings. The Balaban J connectivity index is 1.56. The summed E-state index contributed by atoms with van der Waals surface area (Å²) >= 11 is 3.34. The van der Waals surface area contributed by atoms with Crippen LogP contribution >= 0.6 is 15.9 Å². The van der Waals surface area contributed by atoms with Crippen molar-refractivity contribution >= 4 is 22.1 Å². The minimum Gasteiger partial charge on any atom is -0.503 e. The van der Waals surface area contributed by atoms with Crippen molar-refractivity contribution in [2.75, 3.05) is 33.3 Å². The van der Waals surface area contributed by atoms with Crippen LogP contribution in [0.25, 0.3) is 0 Å². The lowest BCUT2D eigenvalue weighted by molar-refractivity contribution is -0.918. The molecule has 1 saturated heterocycles. The number of piperazine rings is 1. The summed E-state index contributed by atoms with van der Waals surface area (Å²) < 4.78 is 5.79. The van der Waals surface area contributed by atoms with Crippen LogP contribution in [0, 0.1) is 13.8 Å². The number of phenolic OH excluding ortho intramolecular Hbond substituents is 1. The Labute approximate surface area is 169 Å². The average molecular weight is 433 g/mol. The smallest absolute Gasteiger partial charge is 0.172 e. The van der Waals surface area contributed by atoms with Crippen LogP contribution in [0.3, 0.4) is 0 Å². The first-order valence-electron chi connectivity index (χ1n) is 9.21. The molecule has 2 aromatic rings. The van der Waals surface area contributed by atoms with E-state index in [4.69, 9.17) is 4.74 Å². The van der Waals surface area contributed by atoms with Gasteiger partial charge in [0.05, 0.1) is 44.0 Å². The fourth-order valence-electron chi connectivity index (χ4n) is 3.39. The standard InChI is InChI=1S/C21H26BrN3O2/c1-15-4-5-18(16(2)10-15)14-24-6-8-25(9-7-24)23-13-17-11-19(22)21(26)20(12-17)27-3/h4-5,10-13,26H,6-9,14H2,1-3H3/p+1. The van der Waals surface area contributed by atoms with E-state index in [1.165, 1.54) is 16.7 Å². The predicted octanol–water partition coefficient (Wildman–Crippen LogP) is 2.51. The van der Waals surface area contributed by atoms with Crippen molar-refractivity contribution in [3.05, 3.63) is 57.1 Å². The fourth-order valence-corrected chi connectivity index (χ4v) is 3.85. The lowest BCUT2D eigenvalue weighted by Gasteiger charge is -2.30. The van der Waals surface area contributed by atoms with Gasteiger partial charge in [-0.25, -0.2) is 0 Å². The molecule has 2 aromatic carbocycles. The summed E-state index contributed by atoms with van der Waals surface area (Å²) in [4.78, 5) is 1.60. The molecule has 0 amide bonds. The molecule has 0 aliphatic carbocycles. The predicted molar refractivity (Wildman–Crippen MR) is 112 cm³/mol. The molecule has 0 saturated carbocycles. The van der Waals surface area contributed by atoms with E-state index in [1.807, 2.05) is 12.3 Å². The number of aromatic hydroxyl groups is 1. The fraction of sp³-hybridized carbons (Fsp3) is 0.381. The highest BCUT2D eigenvalue weighted by Gasteiger charge is 2.19. The van der Waals surface area contributed by atoms with Crippen molar-refractivity contribution in [1.29, 1.82) is 0 Å². The quantitative estimate of drug-likeness (QED) is 0.713. The first kappa shape index (κ1) is 19.7. The van der Waals surface area contributed by atoms with Crippen LogP contribution in [-0.4, -0.2) is 49.6 Å². The molecule has 144 valence electrons. The number of hydrogen-bond acceptors (Lipinski definition) is 4. The van der Waals surface area contributed by atoms with Gasteiger partial charge in [0.1, 0.15) is 6.54 Å². The van der Waals surface area contributed by atoms with Gasteiger partial charge in [0.2, 0.25) is 0 Å². The van der Waals surface area contributed by atoms with Crippen LogP contribution in [0.5, 0.6) is 11.5 Å². The largest absolute Gasteiger partial charge is 0.503 e. The van der Waals surface area contributed by atoms with Crippen molar-refractivity contribution in [3.8, 4) is 11.5 Å². The maximum absolute atomic E-state index is 9.89. The number of phenols is 1. The van der Waals surface area contributed by atoms with Gasteiger partial charge in [0.25, 0.3) is 0 Å². The summed E-state index contributed by atoms with van der Waals surface area (Å²) in [5.74, 6) is 0.548. The molecule has 0 radical (unpaired) electrons. The third kappa shape index (κ3) is 5.02. The molecule has 0 unspecified atom stereocenters. The highest BCUT2D eigenvalue weighted by atomic mass is 79.9. The molecule has 27 heavy (non-hydrogen) atoms. The van der Waals surface area contributed by atoms with Crippen LogP contribution in [0.2, 0.25) is 0 Å². The molecular formula is C21H27BrN3O2+. The molecule has 2 N–H and O–H groups in total. The second kappa shape index (κ2) is 8.76. The molecule has 1 fully saturated rings. The molecule has 5 nitrogen and oxygen atoms in total. The Kier molecular flexibility index (Phi) is 6.39. The number of nitrogens with zero attached hydrogens (tertiary/aromatic N) is 2. The molecule has 0 aromatic heterocycles. The minimum atomic E-state index is 0.110. The summed E-state index contributed by atoms with van der Waals surface area (Å²) in [5.41, 5.74) is 5.04. The summed E-state index contributed by atoms with van der Waals surface area (Å²) in [6.07, 6.45) is 1.82. The summed E-state index contributed by atoms with van der Waals surface area (Å²) in [6.45, 7) is 9.45. The third-order valence-corrected chi connectivity index (χ3v) is 5.63. The average Bonchev–Trinajstić information content (AvgIpc) is 2.66. The minimum absolute atomic E-state index is 0.110. The van der Waals surface area contributed by atoms with E-state index >= 15 is 0 Å². The van der Waals surface area contributed by atoms with Crippen molar-refractivity contribution in [3.63, 3.8) is 0 Å². The van der Waals surface area contributed by atoms with Crippen LogP contribution in [0.1, 0.15) is 22.3 Å². The van der Waals surface area contributed by atoms with E-state index in [9.17, 15) is 5.11 Å². The lowest BCUT2D eigenvalue weighted by Crippen LogP contribution is -3.13. The number of hydrogen-bond donors (Lipinski definition) is 2. The highest BCUT2D eigenvalue weighted by Crippen LogP contribution is 2.34. The number of aryl methyl sites for hydroxylation is 2. The SMILES string of the molecule is COc1cc(C=NN2CC[NH+](Cc3ccc(C)cc3C)CC2)cc(Br)c1O. The van der Waals surface area contributed by atoms with Gasteiger partial charge in [-0.15, -0.1) is 0 Å². The molecule has 3 rings (SSSR count). The second-order valence-corrected chi connectivity index (χ2v) is 7.96. The van der Waals surface area contributed by atoms with Crippen molar-refractivity contribution in [2.24, 2.45) is 5.10 Å². The maximum atomic E-state index is 9.89. The first-order valence-corrected chi connectivity index (χ1v) is 10.0. The molecule has 6 heteroatoms. The first-order chi connectivity index (χ1) is 13.0. The van der Waals surface area contributed by atoms with Gasteiger partial charge in [-0.05, 0) is 53.0 Å². The Morgan fingerprint density at radius 2 is 1.96 bits per heavy atom. The number of quaternary nitrogens is 1. The van der Waals surface area contributed by atoms with Crippen LogP contribution in [0.15, 0.2) is 39.9 Å². The Bertz CT molecular complexity index is 830. The van der Waals surface area contributed by atoms with E-state index in [1.54, 1.807) is 18.1 Å². The number of methoxy groups -OCH3 is 1. The number of benzene rings is 2. The number of halogens is 1. The van der Waals surface area contributed by atoms with E-state index in [-0.39, 0.29) is 5.75 Å². The molecule has 1 heterocycles. The van der Waals surface area contributed by atoms with Crippen molar-refractivity contribution in [2.45, 2.75) is 20.4 Å². The van der Waals surface area contributed by atoms with Crippen molar-refractivity contribution in [1.82, 2.24) is 5.01 Å². The zero-order valence-corrected chi connectivity index (χ0v) is 17.7. The van der Waals surface area contributed by atoms with Crippen molar-refractivity contribution < 1.29 is 14.7 Å². The molecule has 0 atom stereocenters. The third-order valence-electron chi connectivity index (χ3n) is 5.03. The zero-order chi connectivity index (χ0) is 19.4. The van der Waals surface area contributed by atoms with E-state index in [0.717, 1.165) is 38.3 Å². The van der Waals surface area contributed by atoms with Crippen LogP contribution < -0.4 is 9.64 Å². The number of rotatable bonds is 5. The van der Waals surface area contributed by atoms with E-state index in [2.05, 4.69) is 58.1 Å². The van der Waals surface area contributed by atoms with Crippen LogP contribution in [0.4, 0.5) is 0 Å². The lowest BCUT2D eigenvalue weighted by atomic mass is 10.1. The molecule has 0 spiro atoms. The maximum Gasteiger partial charge on any atom is 0.172 e. The summed E-state index contributed by atoms with van der Waals surface area (Å²) in [6, 6.07) is 10.3. The Hall–Kier alpha value is -2.05. The van der Waals surface area contributed by atoms with Crippen LogP contribution in [-0.2, 0) is 6.54 Å². The Morgan fingerprint density at radius 1 is 1.22 bits per heavy atom. The summed E-state index contributed by atoms with van der Waals surface area (Å²) in [5, 5.41) is 16.6. The van der Waals surface area contributed by atoms with E-state index < -0.39 is 0 Å². The highest BCUT2D eigenvalue weighted by molar-refractivity contribution is 9.10. The molecular weight excluding hydrogens is 406 g/mol. The van der Waals surface area contributed by atoms with Gasteiger partial charge in [0, 0.05) is 5.56 Å². The van der Waals surface area contributed by atoms with E-state index in [0.29, 0.717) is 10.2 Å². The van der Waals surface area contributed by atoms with Gasteiger partial charge in [-0.1, -0.05) is 23.8 Å². The monoisotopic (exact) mass is 432 g/mol. The normalized spacial score (nSPS) is 15.5. The molecule has 1 aliphatic heterocycles. The summed E-state index contributed by atoms with van der Waals surface area (Å²) in [7, 11) is 1.54. The second-order valence-electron chi connectivity index (χ2n) is 7.11. The Morgan fingerprint density at radius 3 is 2.63 bits per heavy atom.